The van der Waals surface area contributed by atoms with Crippen molar-refractivity contribution in [1.29, 1.82) is 0 Å². The number of hydrogen-bond acceptors (Lipinski definition) is 4. The van der Waals surface area contributed by atoms with Crippen LogP contribution in [0.3, 0.4) is 0 Å². The maximum atomic E-state index is 10.7. The molecule has 0 bridgehead atoms. The Labute approximate surface area is 133 Å². The van der Waals surface area contributed by atoms with Crippen molar-refractivity contribution in [1.82, 2.24) is 4.98 Å². The van der Waals surface area contributed by atoms with Gasteiger partial charge in [0.05, 0.1) is 19.9 Å². The summed E-state index contributed by atoms with van der Waals surface area (Å²) in [5.41, 5.74) is -0.0496. The van der Waals surface area contributed by atoms with Crippen LogP contribution in [-0.4, -0.2) is 9.91 Å². The summed E-state index contributed by atoms with van der Waals surface area (Å²) in [4.78, 5) is 14.3. The van der Waals surface area contributed by atoms with Crippen molar-refractivity contribution in [2.24, 2.45) is 0 Å². The van der Waals surface area contributed by atoms with Gasteiger partial charge in [0, 0.05) is 16.7 Å². The summed E-state index contributed by atoms with van der Waals surface area (Å²) in [5, 5.41) is 10.7. The van der Waals surface area contributed by atoms with Crippen LogP contribution in [0.25, 0.3) is 0 Å². The zero-order chi connectivity index (χ0) is 14.0. The van der Waals surface area contributed by atoms with E-state index < -0.39 is 4.92 Å². The standard InChI is InChI=1S/C11H5Br3N2O3/c12-6-3-9(14)11(15-5-6)19-10-4-7(16(17)18)1-2-8(10)13/h1-5H. The van der Waals surface area contributed by atoms with Gasteiger partial charge in [-0.05, 0) is 59.9 Å². The molecule has 1 heterocycles. The average Bonchev–Trinajstić information content (AvgIpc) is 2.34. The van der Waals surface area contributed by atoms with Crippen LogP contribution in [0.15, 0.2) is 43.9 Å². The summed E-state index contributed by atoms with van der Waals surface area (Å²) in [5.74, 6) is 0.647. The molecule has 0 spiro atoms. The fraction of sp³-hybridized carbons (Fsp3) is 0. The molecule has 98 valence electrons. The van der Waals surface area contributed by atoms with Crippen LogP contribution in [0.2, 0.25) is 0 Å². The van der Waals surface area contributed by atoms with Crippen LogP contribution >= 0.6 is 47.8 Å². The Morgan fingerprint density at radius 1 is 1.16 bits per heavy atom. The minimum Gasteiger partial charge on any atom is -0.436 e. The van der Waals surface area contributed by atoms with E-state index >= 15 is 0 Å². The average molecular weight is 453 g/mol. The van der Waals surface area contributed by atoms with Crippen LogP contribution in [0.5, 0.6) is 11.6 Å². The van der Waals surface area contributed by atoms with E-state index in [9.17, 15) is 10.1 Å². The van der Waals surface area contributed by atoms with E-state index in [1.807, 2.05) is 0 Å². The highest BCUT2D eigenvalue weighted by molar-refractivity contribution is 9.11. The SMILES string of the molecule is O=[N+]([O-])c1ccc(Br)c(Oc2ncc(Br)cc2Br)c1. The third kappa shape index (κ3) is 3.52. The maximum absolute atomic E-state index is 10.7. The minimum absolute atomic E-state index is 0.0496. The lowest BCUT2D eigenvalue weighted by molar-refractivity contribution is -0.384. The molecule has 1 aromatic heterocycles. The molecule has 2 rings (SSSR count). The van der Waals surface area contributed by atoms with Crippen LogP contribution in [0.4, 0.5) is 5.69 Å². The molecule has 0 radical (unpaired) electrons. The lowest BCUT2D eigenvalue weighted by atomic mass is 10.3. The molecular formula is C11H5Br3N2O3. The lowest BCUT2D eigenvalue weighted by Gasteiger charge is -2.08. The monoisotopic (exact) mass is 450 g/mol. The number of halogens is 3. The normalized spacial score (nSPS) is 10.3. The zero-order valence-electron chi connectivity index (χ0n) is 9.14. The number of ether oxygens (including phenoxy) is 1. The largest absolute Gasteiger partial charge is 0.436 e. The van der Waals surface area contributed by atoms with Gasteiger partial charge in [0.2, 0.25) is 5.88 Å². The molecule has 8 heteroatoms. The Bertz CT molecular complexity index is 649. The summed E-state index contributed by atoms with van der Waals surface area (Å²) < 4.78 is 7.60. The molecule has 0 aliphatic rings. The van der Waals surface area contributed by atoms with Crippen molar-refractivity contribution in [2.75, 3.05) is 0 Å². The van der Waals surface area contributed by atoms with Crippen LogP contribution in [-0.2, 0) is 0 Å². The van der Waals surface area contributed by atoms with E-state index in [2.05, 4.69) is 52.8 Å². The Hall–Kier alpha value is -0.990. The summed E-state index contributed by atoms with van der Waals surface area (Å²) >= 11 is 9.87. The minimum atomic E-state index is -0.483. The molecule has 5 nitrogen and oxygen atoms in total. The number of rotatable bonds is 3. The quantitative estimate of drug-likeness (QED) is 0.481. The van der Waals surface area contributed by atoms with Gasteiger partial charge in [0.15, 0.2) is 5.75 Å². The number of nitro groups is 1. The van der Waals surface area contributed by atoms with Crippen molar-refractivity contribution < 1.29 is 9.66 Å². The molecular weight excluding hydrogens is 448 g/mol. The number of nitrogens with zero attached hydrogens (tertiary/aromatic N) is 2. The molecule has 2 aromatic rings. The van der Waals surface area contributed by atoms with Gasteiger partial charge in [0.25, 0.3) is 5.69 Å². The smallest absolute Gasteiger partial charge is 0.273 e. The summed E-state index contributed by atoms with van der Waals surface area (Å²) in [6.45, 7) is 0. The Morgan fingerprint density at radius 2 is 1.89 bits per heavy atom. The van der Waals surface area contributed by atoms with E-state index in [1.54, 1.807) is 18.3 Å². The molecule has 0 fully saturated rings. The summed E-state index contributed by atoms with van der Waals surface area (Å²) in [7, 11) is 0. The molecule has 0 saturated heterocycles. The zero-order valence-corrected chi connectivity index (χ0v) is 13.9. The van der Waals surface area contributed by atoms with Crippen molar-refractivity contribution in [3.63, 3.8) is 0 Å². The maximum Gasteiger partial charge on any atom is 0.273 e. The first-order valence-corrected chi connectivity index (χ1v) is 7.28. The van der Waals surface area contributed by atoms with Gasteiger partial charge in [-0.15, -0.1) is 0 Å². The topological polar surface area (TPSA) is 65.3 Å². The molecule has 0 N–H and O–H groups in total. The number of aromatic nitrogens is 1. The molecule has 1 aromatic carbocycles. The Morgan fingerprint density at radius 3 is 2.53 bits per heavy atom. The Kier molecular flexibility index (Phi) is 4.54. The van der Waals surface area contributed by atoms with Crippen molar-refractivity contribution >= 4 is 53.5 Å². The van der Waals surface area contributed by atoms with Crippen LogP contribution in [0.1, 0.15) is 0 Å². The van der Waals surface area contributed by atoms with Gasteiger partial charge in [-0.3, -0.25) is 10.1 Å². The predicted octanol–water partition coefficient (Wildman–Crippen LogP) is 5.07. The number of hydrogen-bond donors (Lipinski definition) is 0. The first-order chi connectivity index (χ1) is 8.97. The highest BCUT2D eigenvalue weighted by Crippen LogP contribution is 2.35. The number of nitro benzene ring substituents is 1. The van der Waals surface area contributed by atoms with E-state index in [0.29, 0.717) is 20.6 Å². The van der Waals surface area contributed by atoms with Crippen molar-refractivity contribution in [3.8, 4) is 11.6 Å². The van der Waals surface area contributed by atoms with Gasteiger partial charge < -0.3 is 4.74 Å². The van der Waals surface area contributed by atoms with E-state index in [1.165, 1.54) is 12.1 Å². The second-order valence-corrected chi connectivity index (χ2v) is 6.04. The summed E-state index contributed by atoms with van der Waals surface area (Å²) in [6.07, 6.45) is 1.57. The highest BCUT2D eigenvalue weighted by Gasteiger charge is 2.13. The number of non-ortho nitro benzene ring substituents is 1. The number of pyridine rings is 1. The molecule has 0 saturated carbocycles. The van der Waals surface area contributed by atoms with Gasteiger partial charge in [-0.25, -0.2) is 4.98 Å². The van der Waals surface area contributed by atoms with Crippen LogP contribution < -0.4 is 4.74 Å². The fourth-order valence-electron chi connectivity index (χ4n) is 1.27. The fourth-order valence-corrected chi connectivity index (χ4v) is 2.66. The summed E-state index contributed by atoms with van der Waals surface area (Å²) in [6, 6.07) is 6.05. The Balaban J connectivity index is 2.37. The van der Waals surface area contributed by atoms with Crippen molar-refractivity contribution in [3.05, 3.63) is 54.0 Å². The molecule has 0 aliphatic carbocycles. The van der Waals surface area contributed by atoms with Crippen LogP contribution in [0, 0.1) is 10.1 Å². The predicted molar refractivity (Wildman–Crippen MR) is 80.5 cm³/mol. The highest BCUT2D eigenvalue weighted by atomic mass is 79.9. The first kappa shape index (κ1) is 14.4. The van der Waals surface area contributed by atoms with E-state index in [-0.39, 0.29) is 5.69 Å². The van der Waals surface area contributed by atoms with Crippen molar-refractivity contribution in [2.45, 2.75) is 0 Å². The van der Waals surface area contributed by atoms with Gasteiger partial charge in [-0.2, -0.15) is 0 Å². The first-order valence-electron chi connectivity index (χ1n) is 4.90. The number of benzene rings is 1. The third-order valence-electron chi connectivity index (χ3n) is 2.11. The van der Waals surface area contributed by atoms with E-state index in [0.717, 1.165) is 4.47 Å². The van der Waals surface area contributed by atoms with Gasteiger partial charge >= 0.3 is 0 Å². The molecule has 0 amide bonds. The molecule has 0 atom stereocenters. The molecule has 0 unspecified atom stereocenters. The van der Waals surface area contributed by atoms with E-state index in [4.69, 9.17) is 4.74 Å². The van der Waals surface area contributed by atoms with Gasteiger partial charge in [-0.1, -0.05) is 0 Å². The molecule has 0 aliphatic heterocycles. The second kappa shape index (κ2) is 5.98. The second-order valence-electron chi connectivity index (χ2n) is 3.41. The molecule has 19 heavy (non-hydrogen) atoms. The lowest BCUT2D eigenvalue weighted by Crippen LogP contribution is -1.93. The third-order valence-corrected chi connectivity index (χ3v) is 3.76. The van der Waals surface area contributed by atoms with Gasteiger partial charge in [0.1, 0.15) is 0 Å².